The molecular weight excluding hydrogens is 390 g/mol. The Balaban J connectivity index is 0.000000645. The molecule has 9 heteroatoms. The van der Waals surface area contributed by atoms with Crippen LogP contribution < -0.4 is 0 Å². The second kappa shape index (κ2) is 8.30. The highest BCUT2D eigenvalue weighted by molar-refractivity contribution is 7.13. The summed E-state index contributed by atoms with van der Waals surface area (Å²) in [5.41, 5.74) is 3.51. The minimum atomic E-state index is -0.250. The summed E-state index contributed by atoms with van der Waals surface area (Å²) in [6.45, 7) is 5.72. The van der Waals surface area contributed by atoms with Crippen molar-refractivity contribution in [2.45, 2.75) is 25.8 Å². The molecule has 0 radical (unpaired) electrons. The lowest BCUT2D eigenvalue weighted by Gasteiger charge is -2.31. The molecule has 29 heavy (non-hydrogen) atoms. The Kier molecular flexibility index (Phi) is 5.59. The molecule has 8 nitrogen and oxygen atoms in total. The van der Waals surface area contributed by atoms with Crippen LogP contribution in [0.3, 0.4) is 0 Å². The quantitative estimate of drug-likeness (QED) is 0.626. The number of hydrogen-bond donors (Lipinski definition) is 2. The third kappa shape index (κ3) is 3.88. The first kappa shape index (κ1) is 19.5. The van der Waals surface area contributed by atoms with Gasteiger partial charge in [-0.25, -0.2) is 4.98 Å². The number of amides is 1. The lowest BCUT2D eigenvalue weighted by Crippen LogP contribution is -2.41. The van der Waals surface area contributed by atoms with Crippen LogP contribution >= 0.6 is 11.3 Å². The predicted octanol–water partition coefficient (Wildman–Crippen LogP) is 2.62. The standard InChI is InChI=1S/C19H21N5OS.CH2O2/c1-12-11-26-18(20-12)13-2-3-15-16(10-13)21-22-17(15)19(25)24-9-8-23-6-4-14(24)5-7-23;2-1-3/h2-3,10-11,14H,4-9H2,1H3,(H,21,22);1H,(H,2,3). The molecular formula is C20H23N5O3S. The maximum atomic E-state index is 13.2. The van der Waals surface area contributed by atoms with Crippen molar-refractivity contribution in [1.82, 2.24) is 25.0 Å². The lowest BCUT2D eigenvalue weighted by molar-refractivity contribution is -0.122. The van der Waals surface area contributed by atoms with E-state index in [1.165, 1.54) is 0 Å². The molecule has 2 N–H and O–H groups in total. The van der Waals surface area contributed by atoms with Crippen LogP contribution in [0.25, 0.3) is 21.5 Å². The Bertz CT molecular complexity index is 1020. The summed E-state index contributed by atoms with van der Waals surface area (Å²) >= 11 is 1.63. The number of nitrogens with zero attached hydrogens (tertiary/aromatic N) is 4. The molecule has 0 spiro atoms. The maximum absolute atomic E-state index is 13.2. The van der Waals surface area contributed by atoms with Gasteiger partial charge in [-0.05, 0) is 31.9 Å². The average molecular weight is 414 g/mol. The van der Waals surface area contributed by atoms with Crippen molar-refractivity contribution in [2.75, 3.05) is 26.2 Å². The number of rotatable bonds is 2. The molecule has 0 atom stereocenters. The number of thiazole rings is 1. The van der Waals surface area contributed by atoms with E-state index < -0.39 is 0 Å². The van der Waals surface area contributed by atoms with Crippen molar-refractivity contribution in [3.05, 3.63) is 35.0 Å². The van der Waals surface area contributed by atoms with E-state index in [0.717, 1.165) is 66.2 Å². The minimum absolute atomic E-state index is 0.0582. The minimum Gasteiger partial charge on any atom is -0.483 e. The molecule has 3 saturated heterocycles. The molecule has 1 aromatic carbocycles. The van der Waals surface area contributed by atoms with Gasteiger partial charge >= 0.3 is 0 Å². The van der Waals surface area contributed by atoms with Crippen LogP contribution in [0.1, 0.15) is 29.0 Å². The van der Waals surface area contributed by atoms with Gasteiger partial charge in [-0.15, -0.1) is 11.3 Å². The molecule has 1 amide bonds. The number of nitrogens with one attached hydrogen (secondary N) is 1. The van der Waals surface area contributed by atoms with Crippen LogP contribution in [0.2, 0.25) is 0 Å². The van der Waals surface area contributed by atoms with E-state index in [9.17, 15) is 4.79 Å². The van der Waals surface area contributed by atoms with Crippen LogP contribution in [-0.4, -0.2) is 74.7 Å². The summed E-state index contributed by atoms with van der Waals surface area (Å²) in [6.07, 6.45) is 2.14. The number of aromatic amines is 1. The lowest BCUT2D eigenvalue weighted by atomic mass is 10.0. The van der Waals surface area contributed by atoms with Crippen molar-refractivity contribution < 1.29 is 14.7 Å². The van der Waals surface area contributed by atoms with Crippen molar-refractivity contribution >= 4 is 34.6 Å². The smallest absolute Gasteiger partial charge is 0.290 e. The van der Waals surface area contributed by atoms with Gasteiger partial charge in [0.25, 0.3) is 12.4 Å². The first-order valence-electron chi connectivity index (χ1n) is 9.62. The van der Waals surface area contributed by atoms with Crippen LogP contribution in [0.4, 0.5) is 0 Å². The van der Waals surface area contributed by atoms with Crippen LogP contribution in [0, 0.1) is 6.92 Å². The number of aromatic nitrogens is 3. The number of fused-ring (bicyclic) bond motifs is 5. The summed E-state index contributed by atoms with van der Waals surface area (Å²) < 4.78 is 0. The first-order valence-corrected chi connectivity index (χ1v) is 10.5. The number of H-pyrrole nitrogens is 1. The summed E-state index contributed by atoms with van der Waals surface area (Å²) in [7, 11) is 0. The van der Waals surface area contributed by atoms with E-state index in [2.05, 4.69) is 20.1 Å². The van der Waals surface area contributed by atoms with Gasteiger partial charge in [-0.2, -0.15) is 5.10 Å². The number of carbonyl (C=O) groups excluding carboxylic acids is 1. The SMILES string of the molecule is Cc1csc(-c2ccc3c(C(=O)N4CCN5CCC4CC5)n[nH]c3c2)n1.O=CO. The second-order valence-corrected chi connectivity index (χ2v) is 8.16. The molecule has 3 aromatic rings. The van der Waals surface area contributed by atoms with E-state index in [1.807, 2.05) is 35.4 Å². The molecule has 0 unspecified atom stereocenters. The number of benzene rings is 1. The number of piperidine rings is 1. The van der Waals surface area contributed by atoms with Crippen molar-refractivity contribution in [3.63, 3.8) is 0 Å². The second-order valence-electron chi connectivity index (χ2n) is 7.30. The highest BCUT2D eigenvalue weighted by Gasteiger charge is 2.33. The molecule has 3 fully saturated rings. The first-order chi connectivity index (χ1) is 14.1. The van der Waals surface area contributed by atoms with E-state index in [4.69, 9.17) is 9.90 Å². The Morgan fingerprint density at radius 2 is 2.03 bits per heavy atom. The molecule has 6 rings (SSSR count). The van der Waals surface area contributed by atoms with E-state index in [0.29, 0.717) is 11.7 Å². The van der Waals surface area contributed by atoms with Gasteiger partial charge in [0.2, 0.25) is 0 Å². The highest BCUT2D eigenvalue weighted by Crippen LogP contribution is 2.29. The van der Waals surface area contributed by atoms with Gasteiger partial charge in [-0.3, -0.25) is 14.7 Å². The number of hydrogen-bond acceptors (Lipinski definition) is 6. The van der Waals surface area contributed by atoms with Gasteiger partial charge in [0.1, 0.15) is 5.01 Å². The molecule has 0 aliphatic carbocycles. The molecule has 2 bridgehead atoms. The van der Waals surface area contributed by atoms with E-state index in [-0.39, 0.29) is 12.4 Å². The Morgan fingerprint density at radius 3 is 2.72 bits per heavy atom. The zero-order valence-electron chi connectivity index (χ0n) is 16.2. The molecule has 3 aliphatic rings. The van der Waals surface area contributed by atoms with Crippen LogP contribution in [0.15, 0.2) is 23.6 Å². The topological polar surface area (TPSA) is 102 Å². The molecule has 2 aromatic heterocycles. The average Bonchev–Trinajstić information content (AvgIpc) is 3.23. The molecule has 0 saturated carbocycles. The van der Waals surface area contributed by atoms with Crippen LogP contribution in [0.5, 0.6) is 0 Å². The van der Waals surface area contributed by atoms with Crippen LogP contribution in [-0.2, 0) is 4.79 Å². The van der Waals surface area contributed by atoms with E-state index >= 15 is 0 Å². The third-order valence-corrected chi connectivity index (χ3v) is 6.56. The zero-order valence-corrected chi connectivity index (χ0v) is 17.0. The normalized spacial score (nSPS) is 20.8. The fraction of sp³-hybridized carbons (Fsp3) is 0.400. The largest absolute Gasteiger partial charge is 0.483 e. The Morgan fingerprint density at radius 1 is 1.28 bits per heavy atom. The number of carboxylic acid groups (broad SMARTS) is 1. The van der Waals surface area contributed by atoms with Crippen molar-refractivity contribution in [2.24, 2.45) is 0 Å². The number of aryl methyl sites for hydroxylation is 1. The third-order valence-electron chi connectivity index (χ3n) is 5.55. The van der Waals surface area contributed by atoms with Crippen molar-refractivity contribution in [1.29, 1.82) is 0 Å². The van der Waals surface area contributed by atoms with Gasteiger partial charge in [0.15, 0.2) is 5.69 Å². The van der Waals surface area contributed by atoms with Gasteiger partial charge in [0, 0.05) is 54.2 Å². The maximum Gasteiger partial charge on any atom is 0.290 e. The Labute approximate surface area is 172 Å². The Hall–Kier alpha value is -2.78. The summed E-state index contributed by atoms with van der Waals surface area (Å²) in [4.78, 5) is 30.6. The molecule has 3 aliphatic heterocycles. The number of carbonyl (C=O) groups is 2. The molecule has 152 valence electrons. The summed E-state index contributed by atoms with van der Waals surface area (Å²) in [5.74, 6) is 0.0582. The van der Waals surface area contributed by atoms with Gasteiger partial charge in [-0.1, -0.05) is 6.07 Å². The van der Waals surface area contributed by atoms with Gasteiger partial charge in [0.05, 0.1) is 5.52 Å². The van der Waals surface area contributed by atoms with Crippen molar-refractivity contribution in [3.8, 4) is 10.6 Å². The zero-order chi connectivity index (χ0) is 20.4. The van der Waals surface area contributed by atoms with Gasteiger partial charge < -0.3 is 14.9 Å². The summed E-state index contributed by atoms with van der Waals surface area (Å²) in [6, 6.07) is 6.42. The fourth-order valence-electron chi connectivity index (χ4n) is 4.09. The summed E-state index contributed by atoms with van der Waals surface area (Å²) in [5, 5.41) is 18.3. The monoisotopic (exact) mass is 413 g/mol. The fourth-order valence-corrected chi connectivity index (χ4v) is 4.89. The predicted molar refractivity (Wildman–Crippen MR) is 111 cm³/mol. The van der Waals surface area contributed by atoms with E-state index in [1.54, 1.807) is 11.3 Å². The highest BCUT2D eigenvalue weighted by atomic mass is 32.1. The molecule has 5 heterocycles.